The summed E-state index contributed by atoms with van der Waals surface area (Å²) >= 11 is 0. The Kier molecular flexibility index (Phi) is 7.67. The molecule has 0 unspecified atom stereocenters. The summed E-state index contributed by atoms with van der Waals surface area (Å²) in [5, 5.41) is 8.30. The molecular formula is C28H23N3O5. The lowest BCUT2D eigenvalue weighted by Crippen LogP contribution is -2.32. The van der Waals surface area contributed by atoms with E-state index in [0.29, 0.717) is 22.6 Å². The molecule has 0 saturated carbocycles. The van der Waals surface area contributed by atoms with Crippen LogP contribution in [0, 0.1) is 0 Å². The summed E-state index contributed by atoms with van der Waals surface area (Å²) in [7, 11) is 1.33. The van der Waals surface area contributed by atoms with Crippen LogP contribution < -0.4 is 15.5 Å². The maximum atomic E-state index is 12.4. The number of hydrazone groups is 1. The molecule has 0 aliphatic rings. The van der Waals surface area contributed by atoms with Gasteiger partial charge in [-0.15, -0.1) is 0 Å². The second-order valence-electron chi connectivity index (χ2n) is 7.69. The van der Waals surface area contributed by atoms with Crippen LogP contribution in [0.15, 0.2) is 96.1 Å². The molecule has 0 aliphatic carbocycles. The molecule has 36 heavy (non-hydrogen) atoms. The highest BCUT2D eigenvalue weighted by atomic mass is 16.5. The van der Waals surface area contributed by atoms with E-state index in [4.69, 9.17) is 9.47 Å². The molecule has 0 fully saturated rings. The maximum absolute atomic E-state index is 12.4. The van der Waals surface area contributed by atoms with Crippen molar-refractivity contribution in [2.24, 2.45) is 5.10 Å². The minimum absolute atomic E-state index is 0.256. The molecule has 0 aromatic heterocycles. The highest BCUT2D eigenvalue weighted by Gasteiger charge is 2.14. The van der Waals surface area contributed by atoms with Crippen LogP contribution in [0.4, 0.5) is 5.69 Å². The predicted octanol–water partition coefficient (Wildman–Crippen LogP) is 4.29. The van der Waals surface area contributed by atoms with Gasteiger partial charge in [0.2, 0.25) is 0 Å². The van der Waals surface area contributed by atoms with Crippen molar-refractivity contribution in [3.8, 4) is 5.75 Å². The fourth-order valence-corrected chi connectivity index (χ4v) is 3.46. The molecule has 2 amide bonds. The van der Waals surface area contributed by atoms with Gasteiger partial charge in [0.15, 0.2) is 0 Å². The van der Waals surface area contributed by atoms with Crippen LogP contribution in [0.1, 0.15) is 21.5 Å². The summed E-state index contributed by atoms with van der Waals surface area (Å²) in [5.41, 5.74) is 4.70. The highest BCUT2D eigenvalue weighted by Crippen LogP contribution is 2.23. The normalized spacial score (nSPS) is 10.7. The number of nitrogens with zero attached hydrogens (tertiary/aromatic N) is 1. The molecule has 4 rings (SSSR count). The molecule has 0 bridgehead atoms. The number of methoxy groups -OCH3 is 1. The van der Waals surface area contributed by atoms with Gasteiger partial charge < -0.3 is 14.8 Å². The van der Waals surface area contributed by atoms with Gasteiger partial charge in [-0.05, 0) is 41.3 Å². The van der Waals surface area contributed by atoms with Crippen molar-refractivity contribution < 1.29 is 23.9 Å². The van der Waals surface area contributed by atoms with Crippen LogP contribution in [0.5, 0.6) is 5.75 Å². The molecule has 0 spiro atoms. The van der Waals surface area contributed by atoms with Crippen LogP contribution in [0.2, 0.25) is 0 Å². The topological polar surface area (TPSA) is 106 Å². The number of hydrogen-bond donors (Lipinski definition) is 2. The lowest BCUT2D eigenvalue weighted by atomic mass is 10.1. The number of carbonyl (C=O) groups is 3. The predicted molar refractivity (Wildman–Crippen MR) is 137 cm³/mol. The zero-order valence-corrected chi connectivity index (χ0v) is 19.4. The third-order valence-electron chi connectivity index (χ3n) is 5.30. The summed E-state index contributed by atoms with van der Waals surface area (Å²) < 4.78 is 10.6. The lowest BCUT2D eigenvalue weighted by Gasteiger charge is -2.10. The molecule has 0 radical (unpaired) electrons. The van der Waals surface area contributed by atoms with Crippen molar-refractivity contribution in [2.75, 3.05) is 12.4 Å². The third-order valence-corrected chi connectivity index (χ3v) is 5.30. The Morgan fingerprint density at radius 2 is 1.56 bits per heavy atom. The van der Waals surface area contributed by atoms with Gasteiger partial charge in [-0.3, -0.25) is 9.59 Å². The maximum Gasteiger partial charge on any atom is 0.337 e. The molecule has 0 saturated heterocycles. The number of fused-ring (bicyclic) bond motifs is 1. The van der Waals surface area contributed by atoms with E-state index in [9.17, 15) is 14.4 Å². The number of para-hydroxylation sites is 1. The molecule has 8 nitrogen and oxygen atoms in total. The minimum Gasteiger partial charge on any atom is -0.488 e. The first-order valence-electron chi connectivity index (χ1n) is 11.1. The SMILES string of the molecule is COC(=O)c1ccc(COc2ccccc2/C=N\NC(=O)C(=O)Nc2cccc3ccccc23)cc1. The van der Waals surface area contributed by atoms with Crippen LogP contribution in [0.3, 0.4) is 0 Å². The van der Waals surface area contributed by atoms with Crippen molar-refractivity contribution in [2.45, 2.75) is 6.61 Å². The van der Waals surface area contributed by atoms with E-state index >= 15 is 0 Å². The van der Waals surface area contributed by atoms with Gasteiger partial charge in [0, 0.05) is 16.6 Å². The number of hydrogen-bond acceptors (Lipinski definition) is 6. The number of carbonyl (C=O) groups excluding carboxylic acids is 3. The molecule has 0 aliphatic heterocycles. The molecule has 4 aromatic carbocycles. The average Bonchev–Trinajstić information content (AvgIpc) is 2.92. The summed E-state index contributed by atoms with van der Waals surface area (Å²) in [6.07, 6.45) is 1.40. The number of amides is 2. The first-order valence-corrected chi connectivity index (χ1v) is 11.1. The monoisotopic (exact) mass is 481 g/mol. The van der Waals surface area contributed by atoms with Crippen molar-refractivity contribution in [3.63, 3.8) is 0 Å². The molecule has 4 aromatic rings. The molecule has 2 N–H and O–H groups in total. The Morgan fingerprint density at radius 3 is 2.36 bits per heavy atom. The lowest BCUT2D eigenvalue weighted by molar-refractivity contribution is -0.136. The van der Waals surface area contributed by atoms with Gasteiger partial charge in [-0.2, -0.15) is 5.10 Å². The van der Waals surface area contributed by atoms with E-state index in [2.05, 4.69) is 15.8 Å². The molecule has 0 atom stereocenters. The fraction of sp³-hybridized carbons (Fsp3) is 0.0714. The molecular weight excluding hydrogens is 458 g/mol. The van der Waals surface area contributed by atoms with Crippen LogP contribution in [-0.4, -0.2) is 31.1 Å². The van der Waals surface area contributed by atoms with Gasteiger partial charge in [0.25, 0.3) is 0 Å². The van der Waals surface area contributed by atoms with E-state index in [1.54, 1.807) is 54.6 Å². The van der Waals surface area contributed by atoms with Crippen molar-refractivity contribution >= 4 is 40.5 Å². The second kappa shape index (κ2) is 11.4. The van der Waals surface area contributed by atoms with E-state index in [-0.39, 0.29) is 6.61 Å². The van der Waals surface area contributed by atoms with Crippen LogP contribution in [0.25, 0.3) is 10.8 Å². The summed E-state index contributed by atoms with van der Waals surface area (Å²) in [6, 6.07) is 27.0. The van der Waals surface area contributed by atoms with Gasteiger partial charge in [-0.1, -0.05) is 60.7 Å². The van der Waals surface area contributed by atoms with E-state index < -0.39 is 17.8 Å². The van der Waals surface area contributed by atoms with Gasteiger partial charge in [0.1, 0.15) is 12.4 Å². The Labute approximate surface area is 207 Å². The zero-order valence-electron chi connectivity index (χ0n) is 19.4. The number of anilines is 1. The number of esters is 1. The summed E-state index contributed by atoms with van der Waals surface area (Å²) in [4.78, 5) is 36.2. The Morgan fingerprint density at radius 1 is 0.833 bits per heavy atom. The highest BCUT2D eigenvalue weighted by molar-refractivity contribution is 6.40. The summed E-state index contributed by atoms with van der Waals surface area (Å²) in [5.74, 6) is -1.60. The van der Waals surface area contributed by atoms with Gasteiger partial charge in [0.05, 0.1) is 18.9 Å². The Hall–Kier alpha value is -4.98. The van der Waals surface area contributed by atoms with Crippen molar-refractivity contribution in [1.29, 1.82) is 0 Å². The average molecular weight is 482 g/mol. The minimum atomic E-state index is -0.900. The van der Waals surface area contributed by atoms with Crippen LogP contribution >= 0.6 is 0 Å². The molecule has 180 valence electrons. The van der Waals surface area contributed by atoms with Gasteiger partial charge in [-0.25, -0.2) is 10.2 Å². The second-order valence-corrected chi connectivity index (χ2v) is 7.69. The number of nitrogens with one attached hydrogen (secondary N) is 2. The molecule has 0 heterocycles. The van der Waals surface area contributed by atoms with Crippen molar-refractivity contribution in [1.82, 2.24) is 5.43 Å². The number of ether oxygens (including phenoxy) is 2. The molecule has 8 heteroatoms. The van der Waals surface area contributed by atoms with E-state index in [1.807, 2.05) is 36.4 Å². The fourth-order valence-electron chi connectivity index (χ4n) is 3.46. The largest absolute Gasteiger partial charge is 0.488 e. The van der Waals surface area contributed by atoms with Gasteiger partial charge >= 0.3 is 17.8 Å². The first-order chi connectivity index (χ1) is 17.5. The number of rotatable bonds is 7. The Bertz CT molecular complexity index is 1430. The Balaban J connectivity index is 1.35. The van der Waals surface area contributed by atoms with E-state index in [1.165, 1.54) is 13.3 Å². The van der Waals surface area contributed by atoms with Crippen molar-refractivity contribution in [3.05, 3.63) is 108 Å². The summed E-state index contributed by atoms with van der Waals surface area (Å²) in [6.45, 7) is 0.256. The first kappa shape index (κ1) is 24.2. The third kappa shape index (κ3) is 5.92. The standard InChI is InChI=1S/C28H23N3O5/c1-35-28(34)21-15-13-19(14-16-21)18-36-25-12-5-3-8-22(25)17-29-31-27(33)26(32)30-24-11-6-9-20-7-2-4-10-23(20)24/h2-17H,18H2,1H3,(H,30,32)(H,31,33)/b29-17-. The number of benzene rings is 4. The smallest absolute Gasteiger partial charge is 0.337 e. The van der Waals surface area contributed by atoms with E-state index in [0.717, 1.165) is 16.3 Å². The quantitative estimate of drug-likeness (QED) is 0.177. The van der Waals surface area contributed by atoms with Crippen LogP contribution in [-0.2, 0) is 20.9 Å². The zero-order chi connectivity index (χ0) is 25.3.